The maximum atomic E-state index is 11.9. The van der Waals surface area contributed by atoms with Crippen molar-refractivity contribution in [2.75, 3.05) is 12.3 Å². The number of nitrogens with two attached hydrogens (primary N) is 1. The quantitative estimate of drug-likeness (QED) is 0.665. The molecule has 3 aromatic rings. The molecule has 0 saturated heterocycles. The molecule has 0 spiro atoms. The predicted octanol–water partition coefficient (Wildman–Crippen LogP) is 3.60. The fourth-order valence-corrected chi connectivity index (χ4v) is 2.56. The van der Waals surface area contributed by atoms with Crippen molar-refractivity contribution in [1.82, 2.24) is 9.97 Å². The van der Waals surface area contributed by atoms with Gasteiger partial charge in [-0.05, 0) is 42.8 Å². The number of carbonyl (C=O) groups is 1. The second-order valence-electron chi connectivity index (χ2n) is 5.82. The minimum Gasteiger partial charge on any atom is -0.469 e. The highest BCUT2D eigenvalue weighted by Crippen LogP contribution is 2.17. The van der Waals surface area contributed by atoms with Gasteiger partial charge in [0.2, 0.25) is 0 Å². The summed E-state index contributed by atoms with van der Waals surface area (Å²) in [7, 11) is 0. The first kappa shape index (κ1) is 17.9. The summed E-state index contributed by atoms with van der Waals surface area (Å²) in [5.41, 5.74) is 8.17. The summed E-state index contributed by atoms with van der Waals surface area (Å²) < 4.78 is 10.8. The first-order valence-corrected chi connectivity index (χ1v) is 8.46. The Morgan fingerprint density at radius 2 is 2.08 bits per heavy atom. The highest BCUT2D eigenvalue weighted by molar-refractivity contribution is 6.30. The number of anilines is 1. The Balaban J connectivity index is 1.52. The second-order valence-corrected chi connectivity index (χ2v) is 6.25. The van der Waals surface area contributed by atoms with Crippen molar-refractivity contribution in [3.05, 3.63) is 76.1 Å². The summed E-state index contributed by atoms with van der Waals surface area (Å²) >= 11 is 5.80. The standard InChI is InChI=1S/C19H18ClN3O3/c1-12-22-10-15(18(21)23-12)8-13-9-17(26-11-13)6-7-25-19(24)14-2-4-16(20)5-3-14/h2-5,9-11H,6-8H2,1H3,(H2,21,22,23). The van der Waals surface area contributed by atoms with Crippen LogP contribution in [0.15, 0.2) is 47.2 Å². The van der Waals surface area contributed by atoms with Gasteiger partial charge in [-0.15, -0.1) is 0 Å². The number of ether oxygens (including phenoxy) is 1. The third-order valence-electron chi connectivity index (χ3n) is 3.78. The summed E-state index contributed by atoms with van der Waals surface area (Å²) in [4.78, 5) is 20.2. The number of furan rings is 1. The van der Waals surface area contributed by atoms with Gasteiger partial charge < -0.3 is 14.9 Å². The molecule has 0 radical (unpaired) electrons. The molecule has 134 valence electrons. The van der Waals surface area contributed by atoms with Crippen LogP contribution in [0.4, 0.5) is 5.82 Å². The molecule has 0 bridgehead atoms. The van der Waals surface area contributed by atoms with Gasteiger partial charge in [-0.3, -0.25) is 0 Å². The van der Waals surface area contributed by atoms with Crippen LogP contribution in [0.5, 0.6) is 0 Å². The zero-order chi connectivity index (χ0) is 18.5. The molecule has 0 amide bonds. The normalized spacial score (nSPS) is 10.7. The molecule has 26 heavy (non-hydrogen) atoms. The number of esters is 1. The largest absolute Gasteiger partial charge is 0.469 e. The van der Waals surface area contributed by atoms with Crippen molar-refractivity contribution < 1.29 is 13.9 Å². The van der Waals surface area contributed by atoms with E-state index in [9.17, 15) is 4.79 Å². The summed E-state index contributed by atoms with van der Waals surface area (Å²) in [5, 5.41) is 0.573. The van der Waals surface area contributed by atoms with Crippen molar-refractivity contribution in [2.24, 2.45) is 0 Å². The van der Waals surface area contributed by atoms with Crippen LogP contribution in [0.1, 0.15) is 33.1 Å². The lowest BCUT2D eigenvalue weighted by Gasteiger charge is -2.03. The molecule has 2 aromatic heterocycles. The molecule has 6 nitrogen and oxygen atoms in total. The van der Waals surface area contributed by atoms with Gasteiger partial charge in [-0.2, -0.15) is 0 Å². The van der Waals surface area contributed by atoms with Crippen LogP contribution < -0.4 is 5.73 Å². The average molecular weight is 372 g/mol. The molecule has 0 unspecified atom stereocenters. The maximum absolute atomic E-state index is 11.9. The van der Waals surface area contributed by atoms with Gasteiger partial charge in [0, 0.05) is 29.6 Å². The Morgan fingerprint density at radius 1 is 1.31 bits per heavy atom. The average Bonchev–Trinajstić information content (AvgIpc) is 3.05. The molecule has 3 rings (SSSR count). The predicted molar refractivity (Wildman–Crippen MR) is 98.1 cm³/mol. The molecular weight excluding hydrogens is 354 g/mol. The van der Waals surface area contributed by atoms with E-state index in [1.807, 2.05) is 6.07 Å². The highest BCUT2D eigenvalue weighted by Gasteiger charge is 2.10. The van der Waals surface area contributed by atoms with E-state index in [1.165, 1.54) is 0 Å². The monoisotopic (exact) mass is 371 g/mol. The van der Waals surface area contributed by atoms with Crippen molar-refractivity contribution >= 4 is 23.4 Å². The number of hydrogen-bond donors (Lipinski definition) is 1. The van der Waals surface area contributed by atoms with Gasteiger partial charge in [0.1, 0.15) is 17.4 Å². The van der Waals surface area contributed by atoms with E-state index in [4.69, 9.17) is 26.5 Å². The SMILES string of the molecule is Cc1ncc(Cc2coc(CCOC(=O)c3ccc(Cl)cc3)c2)c(N)n1. The summed E-state index contributed by atoms with van der Waals surface area (Å²) in [6.07, 6.45) is 4.45. The van der Waals surface area contributed by atoms with Crippen LogP contribution in [0, 0.1) is 6.92 Å². The Morgan fingerprint density at radius 3 is 2.81 bits per heavy atom. The zero-order valence-electron chi connectivity index (χ0n) is 14.2. The third-order valence-corrected chi connectivity index (χ3v) is 4.03. The number of aromatic nitrogens is 2. The van der Waals surface area contributed by atoms with E-state index in [-0.39, 0.29) is 6.61 Å². The zero-order valence-corrected chi connectivity index (χ0v) is 15.0. The fourth-order valence-electron chi connectivity index (χ4n) is 2.43. The molecule has 0 saturated carbocycles. The molecule has 0 aliphatic carbocycles. The smallest absolute Gasteiger partial charge is 0.338 e. The molecule has 0 atom stereocenters. The van der Waals surface area contributed by atoms with Crippen molar-refractivity contribution in [3.8, 4) is 0 Å². The lowest BCUT2D eigenvalue weighted by Crippen LogP contribution is -2.07. The van der Waals surface area contributed by atoms with Gasteiger partial charge in [-0.1, -0.05) is 11.6 Å². The molecule has 2 heterocycles. The lowest BCUT2D eigenvalue weighted by atomic mass is 10.1. The number of halogens is 1. The Labute approximate surface area is 156 Å². The number of nitrogen functional groups attached to an aromatic ring is 1. The van der Waals surface area contributed by atoms with E-state index < -0.39 is 5.97 Å². The molecule has 1 aromatic carbocycles. The minimum absolute atomic E-state index is 0.226. The molecule has 7 heteroatoms. The van der Waals surface area contributed by atoms with Crippen LogP contribution >= 0.6 is 11.6 Å². The first-order chi connectivity index (χ1) is 12.5. The molecule has 0 aliphatic heterocycles. The third kappa shape index (κ3) is 4.61. The Bertz CT molecular complexity index is 907. The minimum atomic E-state index is -0.391. The number of hydrogen-bond acceptors (Lipinski definition) is 6. The van der Waals surface area contributed by atoms with E-state index in [2.05, 4.69) is 9.97 Å². The molecule has 0 aliphatic rings. The van der Waals surface area contributed by atoms with E-state index in [1.54, 1.807) is 43.6 Å². The van der Waals surface area contributed by atoms with Crippen LogP contribution in [0.2, 0.25) is 5.02 Å². The van der Waals surface area contributed by atoms with Crippen LogP contribution in [-0.4, -0.2) is 22.5 Å². The fraction of sp³-hybridized carbons (Fsp3) is 0.211. The highest BCUT2D eigenvalue weighted by atomic mass is 35.5. The van der Waals surface area contributed by atoms with E-state index >= 15 is 0 Å². The lowest BCUT2D eigenvalue weighted by molar-refractivity contribution is 0.0505. The topological polar surface area (TPSA) is 91.2 Å². The summed E-state index contributed by atoms with van der Waals surface area (Å²) in [5.74, 6) is 1.45. The number of carbonyl (C=O) groups excluding carboxylic acids is 1. The summed E-state index contributed by atoms with van der Waals surface area (Å²) in [6.45, 7) is 2.02. The Hall–Kier alpha value is -2.86. The molecular formula is C19H18ClN3O3. The van der Waals surface area contributed by atoms with Crippen molar-refractivity contribution in [1.29, 1.82) is 0 Å². The second kappa shape index (κ2) is 8.01. The first-order valence-electron chi connectivity index (χ1n) is 8.08. The van der Waals surface area contributed by atoms with Crippen LogP contribution in [-0.2, 0) is 17.6 Å². The van der Waals surface area contributed by atoms with Gasteiger partial charge in [-0.25, -0.2) is 14.8 Å². The number of nitrogens with zero attached hydrogens (tertiary/aromatic N) is 2. The van der Waals surface area contributed by atoms with Gasteiger partial charge in [0.05, 0.1) is 18.4 Å². The van der Waals surface area contributed by atoms with E-state index in [0.29, 0.717) is 35.1 Å². The number of rotatable bonds is 6. The number of benzene rings is 1. The number of aryl methyl sites for hydroxylation is 1. The Kier molecular flexibility index (Phi) is 5.53. The van der Waals surface area contributed by atoms with Crippen molar-refractivity contribution in [2.45, 2.75) is 19.8 Å². The van der Waals surface area contributed by atoms with E-state index in [0.717, 1.165) is 16.9 Å². The van der Waals surface area contributed by atoms with Crippen LogP contribution in [0.3, 0.4) is 0 Å². The van der Waals surface area contributed by atoms with Gasteiger partial charge >= 0.3 is 5.97 Å². The van der Waals surface area contributed by atoms with Crippen molar-refractivity contribution in [3.63, 3.8) is 0 Å². The molecule has 2 N–H and O–H groups in total. The molecule has 0 fully saturated rings. The van der Waals surface area contributed by atoms with Gasteiger partial charge in [0.15, 0.2) is 0 Å². The van der Waals surface area contributed by atoms with Gasteiger partial charge in [0.25, 0.3) is 0 Å². The maximum Gasteiger partial charge on any atom is 0.338 e. The summed E-state index contributed by atoms with van der Waals surface area (Å²) in [6, 6.07) is 8.47. The van der Waals surface area contributed by atoms with Crippen LogP contribution in [0.25, 0.3) is 0 Å².